The second-order valence-corrected chi connectivity index (χ2v) is 22.6. The van der Waals surface area contributed by atoms with Gasteiger partial charge in [0.1, 0.15) is 11.3 Å². The number of benzene rings is 2. The van der Waals surface area contributed by atoms with Crippen molar-refractivity contribution in [2.24, 2.45) is 12.2 Å². The summed E-state index contributed by atoms with van der Waals surface area (Å²) in [6, 6.07) is 11.7. The molecule has 1 fully saturated rings. The summed E-state index contributed by atoms with van der Waals surface area (Å²) in [7, 11) is -2.06. The molecule has 17 nitrogen and oxygen atoms in total. The molecule has 74 heavy (non-hydrogen) atoms. The van der Waals surface area contributed by atoms with E-state index in [1.807, 2.05) is 43.6 Å². The number of carbonyl (C=O) groups is 3. The summed E-state index contributed by atoms with van der Waals surface area (Å²) < 4.78 is 56.6. The lowest BCUT2D eigenvalue weighted by Gasteiger charge is -2.27. The number of carbonyl (C=O) groups excluding carboxylic acids is 3. The highest BCUT2D eigenvalue weighted by Crippen LogP contribution is 2.45. The van der Waals surface area contributed by atoms with Crippen LogP contribution in [-0.4, -0.2) is 88.3 Å². The number of thiazole rings is 1. The van der Waals surface area contributed by atoms with Crippen LogP contribution in [0, 0.1) is 18.6 Å². The average Bonchev–Trinajstić information content (AvgIpc) is 4.19. The van der Waals surface area contributed by atoms with E-state index in [1.165, 1.54) is 15.5 Å². The van der Waals surface area contributed by atoms with Gasteiger partial charge in [0, 0.05) is 85.8 Å². The number of aromatic amines is 1. The van der Waals surface area contributed by atoms with Gasteiger partial charge in [0.25, 0.3) is 11.5 Å². The van der Waals surface area contributed by atoms with Gasteiger partial charge in [-0.2, -0.15) is 0 Å². The number of pyridine rings is 2. The van der Waals surface area contributed by atoms with Gasteiger partial charge >= 0.3 is 0 Å². The highest BCUT2D eigenvalue weighted by atomic mass is 32.2. The van der Waals surface area contributed by atoms with Crippen LogP contribution in [0.1, 0.15) is 110 Å². The Morgan fingerprint density at radius 2 is 1.72 bits per heavy atom. The van der Waals surface area contributed by atoms with Gasteiger partial charge in [-0.1, -0.05) is 67.9 Å². The SMILES string of the molecule is Cc1ncsc1-c1ccc([C@]2(C)NC([C@@H]3CCCN3C(=O)CNC(=O)CCCCCCCCCCNC(=O)c3cc4c(cc3CS(C)(=O)=O)-c3cn(C)c(=O)c5[nH]cc(c35)CN4c3ncc(F)cc3F)=NO2)cc1. The molecule has 0 unspecified atom stereocenters. The van der Waals surface area contributed by atoms with Gasteiger partial charge in [-0.25, -0.2) is 27.2 Å². The fourth-order valence-electron chi connectivity index (χ4n) is 10.2. The number of halogens is 2. The summed E-state index contributed by atoms with van der Waals surface area (Å²) in [4.78, 5) is 74.9. The fraction of sp³-hybridized carbons (Fsp3) is 0.415. The third kappa shape index (κ3) is 11.2. The standard InChI is InChI=1S/C53H60F2N10O7S2/c1-32-48(73-31-60-32)33-16-18-36(19-17-33)53(2)61-49(62-72-53)42-14-13-21-64(42)45(67)27-57-44(66)15-11-9-7-5-6-8-10-12-20-56-51(68)38-24-43-39(22-34(38)30-74(4,70)71)40-29-63(3)52(69)47-46(40)35(25-58-47)28-65(43)50-41(55)23-37(54)26-59-50/h16-19,22-26,29,31,42,58H,5-15,20-21,27-28,30H2,1-4H3,(H,56,68)(H,57,66)(H,61,62)/t42-,53+/m0/s1. The molecule has 3 amide bonds. The quantitative estimate of drug-likeness (QED) is 0.0538. The Bertz CT molecular complexity index is 3320. The van der Waals surface area contributed by atoms with E-state index in [4.69, 9.17) is 4.84 Å². The van der Waals surface area contributed by atoms with Crippen LogP contribution in [-0.2, 0) is 49.3 Å². The third-order valence-electron chi connectivity index (χ3n) is 14.0. The van der Waals surface area contributed by atoms with Crippen molar-refractivity contribution < 1.29 is 36.4 Å². The van der Waals surface area contributed by atoms with Crippen molar-refractivity contribution in [3.8, 4) is 21.6 Å². The molecule has 0 bridgehead atoms. The summed E-state index contributed by atoms with van der Waals surface area (Å²) >= 11 is 1.60. The molecule has 4 aromatic heterocycles. The Morgan fingerprint density at radius 3 is 2.43 bits per heavy atom. The molecule has 6 aromatic rings. The molecule has 0 spiro atoms. The molecule has 390 valence electrons. The molecule has 2 atom stereocenters. The first kappa shape index (κ1) is 51.9. The van der Waals surface area contributed by atoms with Crippen LogP contribution >= 0.6 is 11.3 Å². The molecular weight excluding hydrogens is 991 g/mol. The normalized spacial score (nSPS) is 17.2. The Morgan fingerprint density at radius 1 is 0.973 bits per heavy atom. The maximum absolute atomic E-state index is 15.5. The van der Waals surface area contributed by atoms with E-state index in [0.717, 1.165) is 91.6 Å². The van der Waals surface area contributed by atoms with E-state index in [0.29, 0.717) is 71.5 Å². The third-order valence-corrected chi connectivity index (χ3v) is 15.8. The number of hydrogen-bond acceptors (Lipinski definition) is 13. The van der Waals surface area contributed by atoms with Crippen LogP contribution < -0.4 is 26.4 Å². The van der Waals surface area contributed by atoms with Gasteiger partial charge < -0.3 is 40.1 Å². The Labute approximate surface area is 431 Å². The van der Waals surface area contributed by atoms with Crippen LogP contribution in [0.2, 0.25) is 0 Å². The van der Waals surface area contributed by atoms with E-state index in [9.17, 15) is 32.0 Å². The van der Waals surface area contributed by atoms with Crippen LogP contribution in [0.4, 0.5) is 20.3 Å². The summed E-state index contributed by atoms with van der Waals surface area (Å²) in [5.74, 6) is -2.70. The van der Waals surface area contributed by atoms with Crippen molar-refractivity contribution in [2.75, 3.05) is 30.8 Å². The summed E-state index contributed by atoms with van der Waals surface area (Å²) in [6.07, 6.45) is 14.1. The van der Waals surface area contributed by atoms with E-state index < -0.39 is 38.9 Å². The van der Waals surface area contributed by atoms with E-state index >= 15 is 4.39 Å². The molecule has 0 aliphatic carbocycles. The minimum absolute atomic E-state index is 0.00642. The molecule has 2 aromatic carbocycles. The zero-order valence-electron chi connectivity index (χ0n) is 41.9. The minimum atomic E-state index is -3.65. The number of nitrogens with zero attached hydrogens (tertiary/aromatic N) is 6. The van der Waals surface area contributed by atoms with Crippen molar-refractivity contribution in [1.82, 2.24) is 40.4 Å². The summed E-state index contributed by atoms with van der Waals surface area (Å²) in [5.41, 5.74) is 6.22. The number of aryl methyl sites for hydroxylation is 2. The van der Waals surface area contributed by atoms with Crippen molar-refractivity contribution in [3.63, 3.8) is 0 Å². The Kier molecular flexibility index (Phi) is 15.3. The first-order chi connectivity index (χ1) is 35.5. The zero-order chi connectivity index (χ0) is 52.3. The molecule has 0 saturated carbocycles. The number of H-pyrrole nitrogens is 1. The highest BCUT2D eigenvalue weighted by molar-refractivity contribution is 7.89. The van der Waals surface area contributed by atoms with Crippen LogP contribution in [0.3, 0.4) is 0 Å². The fourth-order valence-corrected chi connectivity index (χ4v) is 11.8. The number of fused-ring (bicyclic) bond motifs is 2. The number of rotatable bonds is 20. The number of amides is 3. The molecule has 3 aliphatic heterocycles. The van der Waals surface area contributed by atoms with E-state index in [1.54, 1.807) is 41.7 Å². The molecule has 4 N–H and O–H groups in total. The van der Waals surface area contributed by atoms with Gasteiger partial charge in [0.15, 0.2) is 27.3 Å². The van der Waals surface area contributed by atoms with Crippen LogP contribution in [0.25, 0.3) is 32.5 Å². The number of oxime groups is 1. The van der Waals surface area contributed by atoms with Gasteiger partial charge in [-0.3, -0.25) is 19.2 Å². The van der Waals surface area contributed by atoms with Gasteiger partial charge in [-0.05, 0) is 61.4 Å². The molecule has 3 aliphatic rings. The number of unbranched alkanes of at least 4 members (excludes halogenated alkanes) is 7. The van der Waals surface area contributed by atoms with Crippen molar-refractivity contribution >= 4 is 67.1 Å². The topological polar surface area (TPSA) is 213 Å². The lowest BCUT2D eigenvalue weighted by Crippen LogP contribution is -2.50. The lowest BCUT2D eigenvalue weighted by molar-refractivity contribution is -0.132. The van der Waals surface area contributed by atoms with E-state index in [-0.39, 0.29) is 53.4 Å². The second-order valence-electron chi connectivity index (χ2n) is 19.6. The largest absolute Gasteiger partial charge is 0.361 e. The molecule has 1 saturated heterocycles. The Balaban J connectivity index is 0.707. The van der Waals surface area contributed by atoms with Crippen molar-refractivity contribution in [3.05, 3.63) is 117 Å². The maximum atomic E-state index is 15.5. The smallest absolute Gasteiger partial charge is 0.274 e. The number of likely N-dealkylation sites (tertiary alicyclic amines) is 1. The molecule has 7 heterocycles. The van der Waals surface area contributed by atoms with Crippen molar-refractivity contribution in [2.45, 2.75) is 109 Å². The number of aromatic nitrogens is 4. The van der Waals surface area contributed by atoms with E-state index in [2.05, 4.69) is 36.1 Å². The lowest BCUT2D eigenvalue weighted by atomic mass is 9.96. The monoisotopic (exact) mass is 1050 g/mol. The summed E-state index contributed by atoms with van der Waals surface area (Å²) in [5, 5.41) is 14.1. The molecule has 9 rings (SSSR count). The van der Waals surface area contributed by atoms with Crippen LogP contribution in [0.5, 0.6) is 0 Å². The highest BCUT2D eigenvalue weighted by Gasteiger charge is 2.42. The average molecular weight is 1050 g/mol. The van der Waals surface area contributed by atoms with Gasteiger partial charge in [-0.15, -0.1) is 11.3 Å². The summed E-state index contributed by atoms with van der Waals surface area (Å²) in [6.45, 7) is 4.73. The Hall–Kier alpha value is -7.00. The number of hydrogen-bond donors (Lipinski definition) is 4. The van der Waals surface area contributed by atoms with Gasteiger partial charge in [0.2, 0.25) is 17.5 Å². The van der Waals surface area contributed by atoms with Crippen molar-refractivity contribution in [1.29, 1.82) is 0 Å². The second kappa shape index (κ2) is 21.8. The zero-order valence-corrected chi connectivity index (χ0v) is 43.5. The van der Waals surface area contributed by atoms with Gasteiger partial charge in [0.05, 0.1) is 52.9 Å². The predicted octanol–water partition coefficient (Wildman–Crippen LogP) is 7.99. The number of anilines is 2. The molecule has 0 radical (unpaired) electrons. The number of sulfone groups is 1. The predicted molar refractivity (Wildman–Crippen MR) is 280 cm³/mol. The molecular formula is C53H60F2N10O7S2. The maximum Gasteiger partial charge on any atom is 0.274 e. The minimum Gasteiger partial charge on any atom is -0.361 e. The molecule has 21 heteroatoms. The first-order valence-electron chi connectivity index (χ1n) is 25.0. The number of nitrogens with one attached hydrogen (secondary N) is 4. The first-order valence-corrected chi connectivity index (χ1v) is 27.9. The van der Waals surface area contributed by atoms with Crippen LogP contribution in [0.15, 0.2) is 76.5 Å². The number of amidine groups is 1.